The van der Waals surface area contributed by atoms with Crippen LogP contribution in [0.25, 0.3) is 0 Å². The van der Waals surface area contributed by atoms with E-state index in [-0.39, 0.29) is 12.8 Å². The number of nitrogens with one attached hydrogen (secondary N) is 1. The summed E-state index contributed by atoms with van der Waals surface area (Å²) in [6.07, 6.45) is -1.98. The smallest absolute Gasteiger partial charge is 0.478 e. The van der Waals surface area contributed by atoms with Crippen LogP contribution in [0, 0.1) is 0 Å². The van der Waals surface area contributed by atoms with Crippen molar-refractivity contribution in [2.24, 2.45) is 0 Å². The largest absolute Gasteiger partial charge is 0.481 e. The highest BCUT2D eigenvalue weighted by molar-refractivity contribution is 7.48. The summed E-state index contributed by atoms with van der Waals surface area (Å²) in [6.45, 7) is 9.06. The lowest BCUT2D eigenvalue weighted by molar-refractivity contribution is -0.139. The van der Waals surface area contributed by atoms with Crippen LogP contribution in [0.5, 0.6) is 0 Å². The molecule has 0 heterocycles. The minimum absolute atomic E-state index is 0.101. The molecule has 0 bridgehead atoms. The quantitative estimate of drug-likeness (QED) is 0.330. The number of rotatable bonds is 11. The van der Waals surface area contributed by atoms with Gasteiger partial charge in [0.1, 0.15) is 0 Å². The van der Waals surface area contributed by atoms with Crippen LogP contribution in [0.2, 0.25) is 0 Å². The number of aliphatic carboxylic acids is 2. The molecule has 0 fully saturated rings. The van der Waals surface area contributed by atoms with E-state index in [1.165, 1.54) is 0 Å². The molecular weight excluding hydrogens is 397 g/mol. The lowest BCUT2D eigenvalue weighted by Crippen LogP contribution is -2.37. The Labute approximate surface area is 164 Å². The van der Waals surface area contributed by atoms with E-state index < -0.39 is 56.3 Å². The maximum Gasteiger partial charge on any atom is 0.478 e. The van der Waals surface area contributed by atoms with Gasteiger partial charge in [-0.05, 0) is 48.0 Å². The van der Waals surface area contributed by atoms with Crippen LogP contribution in [0.15, 0.2) is 0 Å². The van der Waals surface area contributed by atoms with Crippen LogP contribution < -0.4 is 5.32 Å². The number of carboxylic acid groups (broad SMARTS) is 2. The summed E-state index contributed by atoms with van der Waals surface area (Å²) >= 11 is 0. The van der Waals surface area contributed by atoms with E-state index in [0.717, 1.165) is 0 Å². The van der Waals surface area contributed by atoms with Crippen LogP contribution in [-0.4, -0.2) is 52.3 Å². The Balaban J connectivity index is 4.79. The molecule has 164 valence electrons. The predicted octanol–water partition coefficient (Wildman–Crippen LogP) is 3.13. The molecule has 1 amide bonds. The monoisotopic (exact) mass is 427 g/mol. The lowest BCUT2D eigenvalue weighted by atomic mass is 10.1. The lowest BCUT2D eigenvalue weighted by Gasteiger charge is -2.30. The molecule has 0 aromatic heterocycles. The number of carboxylic acids is 2. The molecule has 0 aliphatic heterocycles. The van der Waals surface area contributed by atoms with Crippen molar-refractivity contribution in [2.45, 2.75) is 78.0 Å². The summed E-state index contributed by atoms with van der Waals surface area (Å²) in [5.41, 5.74) is -1.74. The van der Waals surface area contributed by atoms with Gasteiger partial charge < -0.3 is 20.3 Å². The van der Waals surface area contributed by atoms with Crippen LogP contribution in [0.3, 0.4) is 0 Å². The van der Waals surface area contributed by atoms with E-state index in [4.69, 9.17) is 28.5 Å². The second-order valence-corrected chi connectivity index (χ2v) is 9.42. The predicted molar refractivity (Wildman–Crippen MR) is 97.8 cm³/mol. The summed E-state index contributed by atoms with van der Waals surface area (Å²) in [4.78, 5) is 33.2. The minimum atomic E-state index is -4.08. The highest BCUT2D eigenvalue weighted by Crippen LogP contribution is 2.55. The Morgan fingerprint density at radius 2 is 1.46 bits per heavy atom. The van der Waals surface area contributed by atoms with Gasteiger partial charge in [0.25, 0.3) is 0 Å². The summed E-state index contributed by atoms with van der Waals surface area (Å²) in [6, 6.07) is -0.954. The van der Waals surface area contributed by atoms with Gasteiger partial charge in [-0.3, -0.25) is 18.6 Å². The molecule has 0 aliphatic carbocycles. The third-order valence-electron chi connectivity index (χ3n) is 2.62. The average Bonchev–Trinajstić information content (AvgIpc) is 2.39. The van der Waals surface area contributed by atoms with Gasteiger partial charge in [0.2, 0.25) is 6.79 Å². The highest BCUT2D eigenvalue weighted by Gasteiger charge is 2.37. The summed E-state index contributed by atoms with van der Waals surface area (Å²) in [5, 5.41) is 19.7. The molecule has 0 rings (SSSR count). The number of alkyl carbamates (subject to hydrolysis) is 1. The second kappa shape index (κ2) is 10.8. The molecule has 0 saturated heterocycles. The topological polar surface area (TPSA) is 158 Å². The van der Waals surface area contributed by atoms with Gasteiger partial charge in [-0.25, -0.2) is 13.9 Å². The fourth-order valence-electron chi connectivity index (χ4n) is 1.83. The Morgan fingerprint density at radius 1 is 0.964 bits per heavy atom. The molecule has 1 atom stereocenters. The van der Waals surface area contributed by atoms with Gasteiger partial charge >= 0.3 is 25.9 Å². The van der Waals surface area contributed by atoms with Gasteiger partial charge in [0, 0.05) is 12.5 Å². The molecule has 3 N–H and O–H groups in total. The van der Waals surface area contributed by atoms with Crippen molar-refractivity contribution in [2.75, 3.05) is 6.79 Å². The van der Waals surface area contributed by atoms with E-state index in [2.05, 4.69) is 5.32 Å². The molecule has 0 spiro atoms. The molecule has 0 saturated carbocycles. The zero-order chi connectivity index (χ0) is 22.2. The number of carbonyl (C=O) groups is 3. The molecule has 11 nitrogen and oxygen atoms in total. The second-order valence-electron chi connectivity index (χ2n) is 7.90. The molecule has 1 unspecified atom stereocenters. The maximum absolute atomic E-state index is 12.7. The van der Waals surface area contributed by atoms with Crippen LogP contribution in [-0.2, 0) is 32.5 Å². The highest BCUT2D eigenvalue weighted by atomic mass is 31.2. The number of amides is 1. The molecular formula is C16H30NO10P. The zero-order valence-electron chi connectivity index (χ0n) is 17.0. The first-order valence-electron chi connectivity index (χ1n) is 8.54. The van der Waals surface area contributed by atoms with Crippen molar-refractivity contribution in [3.8, 4) is 0 Å². The number of carbonyl (C=O) groups excluding carboxylic acids is 1. The van der Waals surface area contributed by atoms with E-state index >= 15 is 0 Å². The number of hydrogen-bond donors (Lipinski definition) is 3. The third kappa shape index (κ3) is 14.4. The van der Waals surface area contributed by atoms with Crippen LogP contribution in [0.4, 0.5) is 4.79 Å². The van der Waals surface area contributed by atoms with Crippen LogP contribution >= 0.6 is 7.82 Å². The molecule has 12 heteroatoms. The van der Waals surface area contributed by atoms with Crippen LogP contribution in [0.1, 0.15) is 60.8 Å². The number of phosphoric acid groups is 1. The van der Waals surface area contributed by atoms with Crippen molar-refractivity contribution < 1.29 is 47.5 Å². The maximum atomic E-state index is 12.7. The van der Waals surface area contributed by atoms with E-state index in [9.17, 15) is 18.9 Å². The molecule has 0 aromatic rings. The summed E-state index contributed by atoms with van der Waals surface area (Å²) in [7, 11) is -4.08. The fraction of sp³-hybridized carbons (Fsp3) is 0.812. The first kappa shape index (κ1) is 26.3. The van der Waals surface area contributed by atoms with Crippen molar-refractivity contribution >= 4 is 25.9 Å². The van der Waals surface area contributed by atoms with E-state index in [0.29, 0.717) is 0 Å². The standard InChI is InChI=1S/C16H30NO10P/c1-15(2,3)26-28(23,27-16(4,5)6)25-10-24-14(22)17-11(9-13(20)21)7-8-12(18)19/h11H,7-10H2,1-6H3,(H,17,22)(H,18,19)(H,20,21). The van der Waals surface area contributed by atoms with Crippen molar-refractivity contribution in [1.82, 2.24) is 5.32 Å². The number of phosphoric ester groups is 1. The first-order valence-corrected chi connectivity index (χ1v) is 10.0. The Morgan fingerprint density at radius 3 is 1.86 bits per heavy atom. The van der Waals surface area contributed by atoms with Crippen molar-refractivity contribution in [1.29, 1.82) is 0 Å². The number of ether oxygens (including phenoxy) is 1. The number of hydrogen-bond acceptors (Lipinski definition) is 8. The average molecular weight is 427 g/mol. The van der Waals surface area contributed by atoms with Gasteiger partial charge in [-0.15, -0.1) is 0 Å². The Kier molecular flexibility index (Phi) is 10.1. The van der Waals surface area contributed by atoms with Crippen molar-refractivity contribution in [3.63, 3.8) is 0 Å². The van der Waals surface area contributed by atoms with Crippen molar-refractivity contribution in [3.05, 3.63) is 0 Å². The van der Waals surface area contributed by atoms with Gasteiger partial charge in [-0.2, -0.15) is 0 Å². The normalized spacial score (nSPS) is 13.6. The SMILES string of the molecule is CC(C)(C)OP(=O)(OCOC(=O)NC(CCC(=O)O)CC(=O)O)OC(C)(C)C. The first-order chi connectivity index (χ1) is 12.5. The Bertz CT molecular complexity index is 573. The van der Waals surface area contributed by atoms with Gasteiger partial charge in [-0.1, -0.05) is 0 Å². The van der Waals surface area contributed by atoms with E-state index in [1.54, 1.807) is 41.5 Å². The molecule has 28 heavy (non-hydrogen) atoms. The minimum Gasteiger partial charge on any atom is -0.481 e. The summed E-state index contributed by atoms with van der Waals surface area (Å²) < 4.78 is 33.2. The van der Waals surface area contributed by atoms with Gasteiger partial charge in [0.15, 0.2) is 0 Å². The molecule has 0 radical (unpaired) electrons. The molecule has 0 aliphatic rings. The fourth-order valence-corrected chi connectivity index (χ4v) is 3.49. The summed E-state index contributed by atoms with van der Waals surface area (Å²) in [5.74, 6) is -2.35. The Hall–Kier alpha value is -1.68. The van der Waals surface area contributed by atoms with E-state index in [1.807, 2.05) is 0 Å². The third-order valence-corrected chi connectivity index (χ3v) is 4.59. The zero-order valence-corrected chi connectivity index (χ0v) is 17.9. The van der Waals surface area contributed by atoms with Gasteiger partial charge in [0.05, 0.1) is 17.6 Å². The molecule has 0 aromatic carbocycles.